The number of carbonyl (C=O) groups is 1. The number of nitrogens with zero attached hydrogens (tertiary/aromatic N) is 5. The van der Waals surface area contributed by atoms with Gasteiger partial charge in [0.25, 0.3) is 0 Å². The first-order valence-electron chi connectivity index (χ1n) is 11.1. The fourth-order valence-electron chi connectivity index (χ4n) is 5.43. The average Bonchev–Trinajstić information content (AvgIpc) is 2.75. The number of anilines is 1. The van der Waals surface area contributed by atoms with Gasteiger partial charge in [0.1, 0.15) is 5.82 Å². The summed E-state index contributed by atoms with van der Waals surface area (Å²) in [6.45, 7) is 10.3. The molecule has 4 rings (SSSR count). The van der Waals surface area contributed by atoms with Crippen molar-refractivity contribution < 1.29 is 4.79 Å². The molecule has 1 amide bonds. The minimum atomic E-state index is 0.334. The summed E-state index contributed by atoms with van der Waals surface area (Å²) in [6.07, 6.45) is 12.3. The molecule has 3 aliphatic rings. The second-order valence-electron chi connectivity index (χ2n) is 8.98. The van der Waals surface area contributed by atoms with Crippen LogP contribution in [0, 0.1) is 12.3 Å². The molecule has 6 heteroatoms. The van der Waals surface area contributed by atoms with Gasteiger partial charge in [-0.3, -0.25) is 9.69 Å². The average molecular weight is 386 g/mol. The van der Waals surface area contributed by atoms with Crippen LogP contribution in [-0.4, -0.2) is 71.0 Å². The van der Waals surface area contributed by atoms with Gasteiger partial charge in [-0.05, 0) is 50.9 Å². The van der Waals surface area contributed by atoms with Crippen LogP contribution < -0.4 is 4.90 Å². The normalized spacial score (nSPS) is 23.9. The molecule has 6 nitrogen and oxygen atoms in total. The summed E-state index contributed by atoms with van der Waals surface area (Å²) in [5, 5.41) is 0. The number of amides is 1. The van der Waals surface area contributed by atoms with E-state index in [2.05, 4.69) is 24.7 Å². The topological polar surface area (TPSA) is 52.6 Å². The molecule has 1 aliphatic carbocycles. The lowest BCUT2D eigenvalue weighted by molar-refractivity contribution is -0.133. The van der Waals surface area contributed by atoms with E-state index in [1.54, 1.807) is 0 Å². The van der Waals surface area contributed by atoms with Crippen LogP contribution in [0.3, 0.4) is 0 Å². The van der Waals surface area contributed by atoms with E-state index in [0.717, 1.165) is 56.8 Å². The Morgan fingerprint density at radius 1 is 1.00 bits per heavy atom. The molecule has 3 heterocycles. The van der Waals surface area contributed by atoms with Crippen LogP contribution in [-0.2, 0) is 4.79 Å². The van der Waals surface area contributed by atoms with Crippen LogP contribution >= 0.6 is 0 Å². The van der Waals surface area contributed by atoms with Crippen molar-refractivity contribution >= 4 is 11.6 Å². The van der Waals surface area contributed by atoms with E-state index in [4.69, 9.17) is 0 Å². The molecule has 1 spiro atoms. The van der Waals surface area contributed by atoms with E-state index in [1.807, 2.05) is 26.2 Å². The number of rotatable bonds is 3. The fraction of sp³-hybridized carbons (Fsp3) is 0.773. The van der Waals surface area contributed by atoms with Crippen molar-refractivity contribution in [2.45, 2.75) is 64.8 Å². The molecule has 0 bridgehead atoms. The number of piperazine rings is 1. The number of carbonyl (C=O) groups excluding carboxylic acids is 1. The van der Waals surface area contributed by atoms with Crippen LogP contribution in [0.2, 0.25) is 0 Å². The zero-order valence-electron chi connectivity index (χ0n) is 17.6. The maximum absolute atomic E-state index is 11.9. The van der Waals surface area contributed by atoms with E-state index >= 15 is 0 Å². The van der Waals surface area contributed by atoms with Gasteiger partial charge in [-0.1, -0.05) is 6.92 Å². The number of piperidine rings is 1. The smallest absolute Gasteiger partial charge is 0.222 e. The second-order valence-corrected chi connectivity index (χ2v) is 8.98. The standard InChI is InChI=1S/C22H35N5O/c1-3-21(28)27-10-8-22(9-11-27)6-4-19(5-7-22)25-12-14-26(15-13-25)20-16-23-18(2)24-17-20/h16-17,19H,3-15H2,1-2H3. The minimum Gasteiger partial charge on any atom is -0.366 e. The highest BCUT2D eigenvalue weighted by Crippen LogP contribution is 2.45. The lowest BCUT2D eigenvalue weighted by Gasteiger charge is -2.49. The Labute approximate surface area is 169 Å². The Kier molecular flexibility index (Phi) is 5.85. The Morgan fingerprint density at radius 3 is 2.18 bits per heavy atom. The van der Waals surface area contributed by atoms with Crippen LogP contribution in [0.25, 0.3) is 0 Å². The lowest BCUT2D eigenvalue weighted by Crippen LogP contribution is -2.52. The molecule has 28 heavy (non-hydrogen) atoms. The summed E-state index contributed by atoms with van der Waals surface area (Å²) in [5.41, 5.74) is 1.67. The first-order chi connectivity index (χ1) is 13.6. The van der Waals surface area contributed by atoms with Gasteiger partial charge < -0.3 is 9.80 Å². The molecule has 1 aromatic heterocycles. The second kappa shape index (κ2) is 8.36. The first-order valence-corrected chi connectivity index (χ1v) is 11.1. The number of hydrogen-bond donors (Lipinski definition) is 0. The number of hydrogen-bond acceptors (Lipinski definition) is 5. The first kappa shape index (κ1) is 19.6. The largest absolute Gasteiger partial charge is 0.366 e. The summed E-state index contributed by atoms with van der Waals surface area (Å²) in [5.74, 6) is 1.17. The molecule has 1 saturated carbocycles. The minimum absolute atomic E-state index is 0.334. The third-order valence-electron chi connectivity index (χ3n) is 7.46. The molecule has 3 fully saturated rings. The molecule has 0 atom stereocenters. The summed E-state index contributed by atoms with van der Waals surface area (Å²) < 4.78 is 0. The lowest BCUT2D eigenvalue weighted by atomic mass is 9.66. The van der Waals surface area contributed by atoms with Crippen molar-refractivity contribution in [2.24, 2.45) is 5.41 Å². The SMILES string of the molecule is CCC(=O)N1CCC2(CCC(N3CCN(c4cnc(C)nc4)CC3)CC2)CC1. The third-order valence-corrected chi connectivity index (χ3v) is 7.46. The van der Waals surface area contributed by atoms with Gasteiger partial charge in [0.05, 0.1) is 18.1 Å². The zero-order chi connectivity index (χ0) is 19.6. The van der Waals surface area contributed by atoms with E-state index in [0.29, 0.717) is 17.7 Å². The quantitative estimate of drug-likeness (QED) is 0.801. The van der Waals surface area contributed by atoms with Crippen molar-refractivity contribution in [3.8, 4) is 0 Å². The Morgan fingerprint density at radius 2 is 1.61 bits per heavy atom. The molecular weight excluding hydrogens is 350 g/mol. The van der Waals surface area contributed by atoms with Gasteiger partial charge in [-0.2, -0.15) is 0 Å². The Balaban J connectivity index is 1.24. The molecule has 2 aliphatic heterocycles. The predicted octanol–water partition coefficient (Wildman–Crippen LogP) is 2.87. The van der Waals surface area contributed by atoms with Crippen molar-refractivity contribution in [3.63, 3.8) is 0 Å². The number of likely N-dealkylation sites (tertiary alicyclic amines) is 1. The van der Waals surface area contributed by atoms with Crippen molar-refractivity contribution in [2.75, 3.05) is 44.2 Å². The molecule has 0 unspecified atom stereocenters. The van der Waals surface area contributed by atoms with Crippen molar-refractivity contribution in [1.29, 1.82) is 0 Å². The summed E-state index contributed by atoms with van der Waals surface area (Å²) in [6, 6.07) is 0.748. The van der Waals surface area contributed by atoms with E-state index in [9.17, 15) is 4.79 Å². The summed E-state index contributed by atoms with van der Waals surface area (Å²) in [4.78, 5) is 27.9. The van der Waals surface area contributed by atoms with E-state index in [-0.39, 0.29) is 0 Å². The highest BCUT2D eigenvalue weighted by atomic mass is 16.2. The monoisotopic (exact) mass is 385 g/mol. The molecule has 1 aromatic rings. The Hall–Kier alpha value is -1.69. The van der Waals surface area contributed by atoms with Crippen LogP contribution in [0.4, 0.5) is 5.69 Å². The Bertz CT molecular complexity index is 650. The molecule has 0 aromatic carbocycles. The van der Waals surface area contributed by atoms with Gasteiger partial charge in [0.2, 0.25) is 5.91 Å². The summed E-state index contributed by atoms with van der Waals surface area (Å²) >= 11 is 0. The van der Waals surface area contributed by atoms with Gasteiger partial charge in [-0.25, -0.2) is 9.97 Å². The predicted molar refractivity (Wildman–Crippen MR) is 111 cm³/mol. The van der Waals surface area contributed by atoms with Crippen LogP contribution in [0.5, 0.6) is 0 Å². The van der Waals surface area contributed by atoms with Crippen LogP contribution in [0.1, 0.15) is 57.7 Å². The maximum atomic E-state index is 11.9. The van der Waals surface area contributed by atoms with Gasteiger partial charge >= 0.3 is 0 Å². The van der Waals surface area contributed by atoms with Crippen molar-refractivity contribution in [1.82, 2.24) is 19.8 Å². The van der Waals surface area contributed by atoms with E-state index < -0.39 is 0 Å². The van der Waals surface area contributed by atoms with E-state index in [1.165, 1.54) is 38.5 Å². The van der Waals surface area contributed by atoms with Crippen molar-refractivity contribution in [3.05, 3.63) is 18.2 Å². The number of aryl methyl sites for hydroxylation is 1. The molecule has 0 N–H and O–H groups in total. The molecule has 2 saturated heterocycles. The third kappa shape index (κ3) is 4.17. The van der Waals surface area contributed by atoms with Gasteiger partial charge in [0, 0.05) is 51.7 Å². The highest BCUT2D eigenvalue weighted by Gasteiger charge is 2.40. The van der Waals surface area contributed by atoms with Gasteiger partial charge in [0.15, 0.2) is 0 Å². The highest BCUT2D eigenvalue weighted by molar-refractivity contribution is 5.75. The van der Waals surface area contributed by atoms with Crippen LogP contribution in [0.15, 0.2) is 12.4 Å². The molecule has 154 valence electrons. The fourth-order valence-corrected chi connectivity index (χ4v) is 5.43. The zero-order valence-corrected chi connectivity index (χ0v) is 17.6. The molecule has 0 radical (unpaired) electrons. The summed E-state index contributed by atoms with van der Waals surface area (Å²) in [7, 11) is 0. The number of aromatic nitrogens is 2. The van der Waals surface area contributed by atoms with Gasteiger partial charge in [-0.15, -0.1) is 0 Å². The molecular formula is C22H35N5O. The maximum Gasteiger partial charge on any atom is 0.222 e.